The fourth-order valence-corrected chi connectivity index (χ4v) is 9.45. The van der Waals surface area contributed by atoms with Crippen molar-refractivity contribution in [3.8, 4) is 11.3 Å². The zero-order chi connectivity index (χ0) is 42.9. The van der Waals surface area contributed by atoms with E-state index in [0.29, 0.717) is 54.6 Å². The second kappa shape index (κ2) is 17.9. The molecule has 1 saturated carbocycles. The highest BCUT2D eigenvalue weighted by atomic mass is 32.1. The Balaban J connectivity index is 1.44. The van der Waals surface area contributed by atoms with Gasteiger partial charge in [0.2, 0.25) is 11.8 Å². The Kier molecular flexibility index (Phi) is 12.9. The monoisotopic (exact) mass is 839 g/mol. The van der Waals surface area contributed by atoms with Gasteiger partial charge in [0, 0.05) is 65.2 Å². The number of carbonyl (C=O) groups excluding carboxylic acids is 3. The number of esters is 1. The summed E-state index contributed by atoms with van der Waals surface area (Å²) in [5.41, 5.74) is 8.39. The first-order valence-corrected chi connectivity index (χ1v) is 21.7. The van der Waals surface area contributed by atoms with Crippen LogP contribution in [0.25, 0.3) is 27.7 Å². The van der Waals surface area contributed by atoms with Crippen LogP contribution in [0.5, 0.6) is 0 Å². The molecule has 3 aromatic heterocycles. The number of hydrogen-bond donors (Lipinski definition) is 2. The number of nitrogens with one attached hydrogen (secondary N) is 2. The molecule has 0 unspecified atom stereocenters. The number of benzene rings is 1. The summed E-state index contributed by atoms with van der Waals surface area (Å²) in [6.45, 7) is 19.2. The maximum atomic E-state index is 14.6. The van der Waals surface area contributed by atoms with Gasteiger partial charge in [-0.25, -0.2) is 15.4 Å². The lowest BCUT2D eigenvalue weighted by Gasteiger charge is -2.37. The lowest BCUT2D eigenvalue weighted by atomic mass is 9.84. The molecule has 6 bridgehead atoms. The molecule has 4 aromatic rings. The third-order valence-electron chi connectivity index (χ3n) is 12.1. The Morgan fingerprint density at radius 1 is 1.25 bits per heavy atom. The van der Waals surface area contributed by atoms with E-state index < -0.39 is 35.5 Å². The number of fused-ring (bicyclic) bond motifs is 6. The number of amides is 2. The smallest absolute Gasteiger partial charge is 0.324 e. The van der Waals surface area contributed by atoms with Crippen molar-refractivity contribution < 1.29 is 33.0 Å². The third kappa shape index (κ3) is 8.63. The number of aliphatic imine (C=N–C) groups is 1. The number of ether oxygens (including phenoxy) is 3. The van der Waals surface area contributed by atoms with Gasteiger partial charge in [-0.1, -0.05) is 46.4 Å². The van der Waals surface area contributed by atoms with Crippen molar-refractivity contribution in [1.29, 1.82) is 0 Å². The van der Waals surface area contributed by atoms with Crippen LogP contribution in [0.1, 0.15) is 89.6 Å². The van der Waals surface area contributed by atoms with Crippen molar-refractivity contribution >= 4 is 51.8 Å². The maximum Gasteiger partial charge on any atom is 0.324 e. The lowest BCUT2D eigenvalue weighted by Crippen LogP contribution is -2.61. The SMILES string of the molecule is C=C/C(=C(\N=C/C)[C@H](C)OC)c1c2c3cc(ccc3n1Cc1ncco1)-c1csc(n1)[C@@H](OCC)[C@H](NC(=O)[C@H]1[C@H](C)[C@@H]1C)C(=O)N1CCC[C@H](N1)C(=O)OCC(C)(C)C2. The molecule has 1 saturated heterocycles. The zero-order valence-electron chi connectivity index (χ0n) is 35.8. The summed E-state index contributed by atoms with van der Waals surface area (Å²) in [6.07, 6.45) is 7.03. The van der Waals surface area contributed by atoms with Crippen molar-refractivity contribution in [3.05, 3.63) is 76.5 Å². The minimum atomic E-state index is -1.10. The van der Waals surface area contributed by atoms with Gasteiger partial charge < -0.3 is 28.5 Å². The van der Waals surface area contributed by atoms with Crippen LogP contribution < -0.4 is 10.7 Å². The molecule has 60 heavy (non-hydrogen) atoms. The van der Waals surface area contributed by atoms with Gasteiger partial charge in [-0.15, -0.1) is 11.3 Å². The first kappa shape index (κ1) is 43.1. The van der Waals surface area contributed by atoms with Crippen molar-refractivity contribution in [1.82, 2.24) is 30.3 Å². The lowest BCUT2D eigenvalue weighted by molar-refractivity contribution is -0.156. The molecule has 14 nitrogen and oxygen atoms in total. The molecule has 1 aliphatic carbocycles. The highest BCUT2D eigenvalue weighted by Crippen LogP contribution is 2.46. The normalized spacial score (nSPS) is 25.4. The molecule has 1 aromatic carbocycles. The number of thiazole rings is 1. The van der Waals surface area contributed by atoms with Crippen LogP contribution in [-0.2, 0) is 41.6 Å². The number of hydrazine groups is 1. The van der Waals surface area contributed by atoms with Gasteiger partial charge in [-0.3, -0.25) is 24.4 Å². The molecule has 7 rings (SSSR count). The molecule has 0 radical (unpaired) electrons. The Bertz CT molecular complexity index is 2280. The molecular weight excluding hydrogens is 783 g/mol. The van der Waals surface area contributed by atoms with Crippen molar-refractivity contribution in [2.24, 2.45) is 28.2 Å². The van der Waals surface area contributed by atoms with Gasteiger partial charge in [0.1, 0.15) is 29.5 Å². The number of methoxy groups -OCH3 is 1. The molecule has 7 atom stereocenters. The average molecular weight is 840 g/mol. The topological polar surface area (TPSA) is 162 Å². The van der Waals surface area contributed by atoms with Crippen LogP contribution in [0.15, 0.2) is 63.8 Å². The largest absolute Gasteiger partial charge is 0.464 e. The Hall–Kier alpha value is -4.96. The quantitative estimate of drug-likeness (QED) is 0.0923. The number of cyclic esters (lactones) is 1. The number of rotatable bonds is 11. The molecule has 2 N–H and O–H groups in total. The van der Waals surface area contributed by atoms with Gasteiger partial charge in [0.05, 0.1) is 42.5 Å². The van der Waals surface area contributed by atoms with Crippen LogP contribution in [0, 0.1) is 23.2 Å². The summed E-state index contributed by atoms with van der Waals surface area (Å²) in [6, 6.07) is 4.36. The maximum absolute atomic E-state index is 14.6. The van der Waals surface area contributed by atoms with Gasteiger partial charge in [0.15, 0.2) is 0 Å². The number of oxazole rings is 1. The first-order chi connectivity index (χ1) is 28.8. The fraction of sp³-hybridized carbons (Fsp3) is 0.511. The van der Waals surface area contributed by atoms with Gasteiger partial charge in [0.25, 0.3) is 5.91 Å². The minimum Gasteiger partial charge on any atom is -0.464 e. The Morgan fingerprint density at radius 3 is 2.70 bits per heavy atom. The fourth-order valence-electron chi connectivity index (χ4n) is 8.54. The highest BCUT2D eigenvalue weighted by molar-refractivity contribution is 7.10. The van der Waals surface area contributed by atoms with Gasteiger partial charge in [-0.05, 0) is 69.6 Å². The molecule has 2 aliphatic heterocycles. The third-order valence-corrected chi connectivity index (χ3v) is 13.0. The predicted molar refractivity (Wildman–Crippen MR) is 231 cm³/mol. The number of carbonyl (C=O) groups is 3. The first-order valence-electron chi connectivity index (χ1n) is 20.8. The van der Waals surface area contributed by atoms with E-state index in [4.69, 9.17) is 28.6 Å². The second-order valence-electron chi connectivity index (χ2n) is 16.8. The average Bonchev–Trinajstić information content (AvgIpc) is 3.73. The van der Waals surface area contributed by atoms with Crippen LogP contribution in [0.4, 0.5) is 0 Å². The van der Waals surface area contributed by atoms with Gasteiger partial charge >= 0.3 is 5.97 Å². The van der Waals surface area contributed by atoms with E-state index in [2.05, 4.69) is 52.9 Å². The summed E-state index contributed by atoms with van der Waals surface area (Å²) in [7, 11) is 1.65. The summed E-state index contributed by atoms with van der Waals surface area (Å²) in [5.74, 6) is -0.338. The molecule has 2 amide bonds. The number of allylic oxidation sites excluding steroid dienone is 2. The summed E-state index contributed by atoms with van der Waals surface area (Å²) < 4.78 is 26.3. The van der Waals surface area contributed by atoms with Crippen molar-refractivity contribution in [3.63, 3.8) is 0 Å². The molecule has 0 spiro atoms. The van der Waals surface area contributed by atoms with Crippen LogP contribution in [0.2, 0.25) is 0 Å². The van der Waals surface area contributed by atoms with E-state index >= 15 is 0 Å². The van der Waals surface area contributed by atoms with Crippen LogP contribution in [-0.4, -0.2) is 88.6 Å². The van der Waals surface area contributed by atoms with E-state index in [0.717, 1.165) is 33.3 Å². The van der Waals surface area contributed by atoms with E-state index in [9.17, 15) is 14.4 Å². The van der Waals surface area contributed by atoms with Crippen molar-refractivity contribution in [2.45, 2.75) is 98.6 Å². The minimum absolute atomic E-state index is 0.101. The zero-order valence-corrected chi connectivity index (χ0v) is 36.6. The number of hydrogen-bond acceptors (Lipinski definition) is 12. The molecule has 320 valence electrons. The molecular formula is C45H57N7O7S. The van der Waals surface area contributed by atoms with E-state index in [1.807, 2.05) is 52.1 Å². The van der Waals surface area contributed by atoms with Crippen molar-refractivity contribution in [2.75, 3.05) is 26.9 Å². The molecule has 2 fully saturated rings. The van der Waals surface area contributed by atoms with Crippen LogP contribution in [0.3, 0.4) is 0 Å². The second-order valence-corrected chi connectivity index (χ2v) is 17.7. The van der Waals surface area contributed by atoms with Gasteiger partial charge in [-0.2, -0.15) is 0 Å². The number of aromatic nitrogens is 3. The summed E-state index contributed by atoms with van der Waals surface area (Å²) in [4.78, 5) is 56.6. The van der Waals surface area contributed by atoms with E-state index in [-0.39, 0.29) is 43.0 Å². The number of nitrogens with zero attached hydrogens (tertiary/aromatic N) is 5. The molecule has 15 heteroatoms. The van der Waals surface area contributed by atoms with E-state index in [1.165, 1.54) is 16.3 Å². The Morgan fingerprint density at radius 2 is 2.03 bits per heavy atom. The standard InChI is InChI=1S/C45H57N7O7S/c1-10-29(37(46-11-2)27(6)56-9)39-31-21-45(7,8)24-59-44(55)32-14-13-18-52(50-32)43(54)38(49-41(53)36-25(4)26(36)5)40(57-12-3)42-48-33(23-60-42)28-15-16-34(30(31)20-28)51(39)22-35-47-17-19-58-35/h10-11,15-17,19-20,23,25-27,32,36,38,40,50H,1,12-14,18,21-22,24H2,2-9H3,(H,49,53)/b37-29+,46-11-/t25-,26+,27-,32-,36+,38-,40-/m0/s1. The summed E-state index contributed by atoms with van der Waals surface area (Å²) in [5, 5.41) is 7.98. The molecule has 5 heterocycles. The van der Waals surface area contributed by atoms with E-state index in [1.54, 1.807) is 25.8 Å². The van der Waals surface area contributed by atoms with Crippen LogP contribution >= 0.6 is 11.3 Å². The molecule has 3 aliphatic rings. The highest BCUT2D eigenvalue weighted by Gasteiger charge is 2.50. The summed E-state index contributed by atoms with van der Waals surface area (Å²) >= 11 is 1.38. The predicted octanol–water partition coefficient (Wildman–Crippen LogP) is 6.91. The Labute approximate surface area is 355 Å².